The summed E-state index contributed by atoms with van der Waals surface area (Å²) < 4.78 is 2.07. The van der Waals surface area contributed by atoms with Crippen LogP contribution in [0.3, 0.4) is 0 Å². The van der Waals surface area contributed by atoms with E-state index < -0.39 is 0 Å². The van der Waals surface area contributed by atoms with Gasteiger partial charge in [0.25, 0.3) is 0 Å². The van der Waals surface area contributed by atoms with Crippen molar-refractivity contribution in [2.75, 3.05) is 17.7 Å². The quantitative estimate of drug-likeness (QED) is 0.673. The van der Waals surface area contributed by atoms with Gasteiger partial charge in [0.2, 0.25) is 5.91 Å². The van der Waals surface area contributed by atoms with Gasteiger partial charge in [-0.1, -0.05) is 11.8 Å². The van der Waals surface area contributed by atoms with Gasteiger partial charge in [-0.25, -0.2) is 9.97 Å². The molecule has 1 amide bonds. The van der Waals surface area contributed by atoms with E-state index in [2.05, 4.69) is 49.1 Å². The highest BCUT2D eigenvalue weighted by molar-refractivity contribution is 5.99. The van der Waals surface area contributed by atoms with Crippen molar-refractivity contribution in [3.8, 4) is 11.8 Å². The van der Waals surface area contributed by atoms with Gasteiger partial charge in [-0.3, -0.25) is 9.48 Å². The molecule has 3 aromatic heterocycles. The predicted octanol–water partition coefficient (Wildman–Crippen LogP) is 3.26. The number of hydrogen-bond acceptors (Lipinski definition) is 5. The molecule has 2 saturated carbocycles. The van der Waals surface area contributed by atoms with Crippen molar-refractivity contribution in [1.29, 1.82) is 0 Å². The molecule has 0 unspecified atom stereocenters. The van der Waals surface area contributed by atoms with E-state index in [-0.39, 0.29) is 11.8 Å². The van der Waals surface area contributed by atoms with Gasteiger partial charge in [0.1, 0.15) is 11.6 Å². The summed E-state index contributed by atoms with van der Waals surface area (Å²) >= 11 is 0. The topological polar surface area (TPSA) is 84.7 Å². The zero-order chi connectivity index (χ0) is 20.0. The number of amides is 1. The molecule has 3 heterocycles. The van der Waals surface area contributed by atoms with Crippen LogP contribution in [0.2, 0.25) is 0 Å². The minimum Gasteiger partial charge on any atom is -0.373 e. The minimum absolute atomic E-state index is 0.0375. The van der Waals surface area contributed by atoms with Crippen molar-refractivity contribution in [3.63, 3.8) is 0 Å². The molecular weight excluding hydrogens is 364 g/mol. The van der Waals surface area contributed by atoms with E-state index in [0.717, 1.165) is 46.3 Å². The largest absolute Gasteiger partial charge is 0.373 e. The summed E-state index contributed by atoms with van der Waals surface area (Å²) in [7, 11) is 1.82. The third-order valence-corrected chi connectivity index (χ3v) is 5.48. The van der Waals surface area contributed by atoms with Gasteiger partial charge in [-0.2, -0.15) is 5.10 Å². The number of carbonyl (C=O) groups is 1. The van der Waals surface area contributed by atoms with Crippen LogP contribution in [-0.2, 0) is 4.79 Å². The Kier molecular flexibility index (Phi) is 4.20. The third-order valence-electron chi connectivity index (χ3n) is 5.48. The second-order valence-corrected chi connectivity index (χ2v) is 7.72. The Labute approximate surface area is 168 Å². The molecule has 0 spiro atoms. The first-order chi connectivity index (χ1) is 14.1. The van der Waals surface area contributed by atoms with Crippen molar-refractivity contribution >= 4 is 28.3 Å². The maximum Gasteiger partial charge on any atom is 0.228 e. The molecule has 2 aliphatic carbocycles. The monoisotopic (exact) mass is 386 g/mol. The molecule has 7 heteroatoms. The molecular formula is C22H22N6O. The van der Waals surface area contributed by atoms with E-state index in [0.29, 0.717) is 11.9 Å². The molecule has 2 N–H and O–H groups in total. The molecule has 2 fully saturated rings. The summed E-state index contributed by atoms with van der Waals surface area (Å²) in [5.41, 5.74) is 2.82. The third kappa shape index (κ3) is 3.42. The van der Waals surface area contributed by atoms with E-state index in [4.69, 9.17) is 0 Å². The van der Waals surface area contributed by atoms with Gasteiger partial charge in [-0.05, 0) is 38.7 Å². The Morgan fingerprint density at radius 3 is 2.59 bits per heavy atom. The van der Waals surface area contributed by atoms with Crippen LogP contribution < -0.4 is 10.6 Å². The number of aromatic nitrogens is 4. The van der Waals surface area contributed by atoms with Crippen molar-refractivity contribution < 1.29 is 4.79 Å². The molecule has 0 saturated heterocycles. The highest BCUT2D eigenvalue weighted by Gasteiger charge is 2.30. The van der Waals surface area contributed by atoms with E-state index in [1.165, 1.54) is 12.8 Å². The highest BCUT2D eigenvalue weighted by atomic mass is 16.2. The number of rotatable bonds is 4. The van der Waals surface area contributed by atoms with Gasteiger partial charge in [0, 0.05) is 36.1 Å². The normalized spacial score (nSPS) is 15.7. The van der Waals surface area contributed by atoms with Crippen molar-refractivity contribution in [1.82, 2.24) is 19.7 Å². The fourth-order valence-corrected chi connectivity index (χ4v) is 3.44. The Morgan fingerprint density at radius 1 is 1.07 bits per heavy atom. The minimum atomic E-state index is 0.0375. The second kappa shape index (κ2) is 6.89. The first-order valence-corrected chi connectivity index (χ1v) is 9.97. The Balaban J connectivity index is 1.53. The van der Waals surface area contributed by atoms with Gasteiger partial charge < -0.3 is 10.6 Å². The molecule has 146 valence electrons. The maximum absolute atomic E-state index is 12.1. The molecule has 29 heavy (non-hydrogen) atoms. The number of nitrogens with one attached hydrogen (secondary N) is 2. The smallest absolute Gasteiger partial charge is 0.228 e. The molecule has 7 nitrogen and oxygen atoms in total. The van der Waals surface area contributed by atoms with E-state index in [1.807, 2.05) is 19.3 Å². The number of hydrogen-bond donors (Lipinski definition) is 2. The van der Waals surface area contributed by atoms with Crippen LogP contribution in [0.4, 0.5) is 11.6 Å². The maximum atomic E-state index is 12.1. The summed E-state index contributed by atoms with van der Waals surface area (Å²) in [6, 6.07) is 2.41. The van der Waals surface area contributed by atoms with Crippen LogP contribution in [0.1, 0.15) is 48.5 Å². The number of carbonyl (C=O) groups excluding carboxylic acids is 1. The predicted molar refractivity (Wildman–Crippen MR) is 112 cm³/mol. The molecule has 0 bridgehead atoms. The number of nitrogens with zero attached hydrogens (tertiary/aromatic N) is 4. The van der Waals surface area contributed by atoms with E-state index in [1.54, 1.807) is 12.4 Å². The van der Waals surface area contributed by atoms with Crippen LogP contribution in [0.15, 0.2) is 24.7 Å². The van der Waals surface area contributed by atoms with Crippen LogP contribution in [0.25, 0.3) is 10.8 Å². The van der Waals surface area contributed by atoms with Gasteiger partial charge in [-0.15, -0.1) is 0 Å². The highest BCUT2D eigenvalue weighted by Crippen LogP contribution is 2.35. The zero-order valence-electron chi connectivity index (χ0n) is 16.5. The van der Waals surface area contributed by atoms with Crippen LogP contribution in [-0.4, -0.2) is 32.7 Å². The summed E-state index contributed by atoms with van der Waals surface area (Å²) in [5, 5.41) is 12.3. The first kappa shape index (κ1) is 17.7. The summed E-state index contributed by atoms with van der Waals surface area (Å²) in [5.74, 6) is 7.94. The molecule has 0 atom stereocenters. The lowest BCUT2D eigenvalue weighted by Crippen LogP contribution is -2.14. The van der Waals surface area contributed by atoms with Crippen molar-refractivity contribution in [2.45, 2.75) is 38.6 Å². The standard InChI is InChI=1S/C22H22N6O/c1-13-15(11-26-28(13)17-7-8-17)5-6-16-10-25-21(23-2)19-12-24-20(9-18(16)19)27-22(29)14-3-4-14/h9-12,14,17H,3-4,7-8H2,1-2H3,(H,23,25)(H,24,27,29). The SMILES string of the molecule is CNc1ncc(C#Cc2cnn(C3CC3)c2C)c2cc(NC(=O)C3CC3)ncc12. The van der Waals surface area contributed by atoms with Crippen LogP contribution >= 0.6 is 0 Å². The lowest BCUT2D eigenvalue weighted by molar-refractivity contribution is -0.117. The van der Waals surface area contributed by atoms with Crippen molar-refractivity contribution in [3.05, 3.63) is 41.5 Å². The average Bonchev–Trinajstić information content (AvgIpc) is 3.64. The fraction of sp³-hybridized carbons (Fsp3) is 0.364. The number of fused-ring (bicyclic) bond motifs is 1. The fourth-order valence-electron chi connectivity index (χ4n) is 3.44. The molecule has 2 aliphatic rings. The Hall–Kier alpha value is -3.40. The lowest BCUT2D eigenvalue weighted by Gasteiger charge is -2.09. The Bertz CT molecular complexity index is 1180. The molecule has 0 radical (unpaired) electrons. The van der Waals surface area contributed by atoms with Crippen LogP contribution in [0, 0.1) is 24.7 Å². The lowest BCUT2D eigenvalue weighted by atomic mass is 10.1. The number of anilines is 2. The van der Waals surface area contributed by atoms with Gasteiger partial charge >= 0.3 is 0 Å². The first-order valence-electron chi connectivity index (χ1n) is 9.97. The van der Waals surface area contributed by atoms with Crippen molar-refractivity contribution in [2.24, 2.45) is 5.92 Å². The zero-order valence-corrected chi connectivity index (χ0v) is 16.5. The second-order valence-electron chi connectivity index (χ2n) is 7.72. The van der Waals surface area contributed by atoms with Crippen LogP contribution in [0.5, 0.6) is 0 Å². The van der Waals surface area contributed by atoms with E-state index in [9.17, 15) is 4.79 Å². The average molecular weight is 386 g/mol. The summed E-state index contributed by atoms with van der Waals surface area (Å²) in [6.45, 7) is 2.06. The molecule has 3 aromatic rings. The van der Waals surface area contributed by atoms with E-state index >= 15 is 0 Å². The van der Waals surface area contributed by atoms with Gasteiger partial charge in [0.05, 0.1) is 29.1 Å². The summed E-state index contributed by atoms with van der Waals surface area (Å²) in [6.07, 6.45) is 9.62. The molecule has 5 rings (SSSR count). The van der Waals surface area contributed by atoms with Gasteiger partial charge in [0.15, 0.2) is 0 Å². The Morgan fingerprint density at radius 2 is 1.86 bits per heavy atom. The molecule has 0 aromatic carbocycles. The number of pyridine rings is 2. The molecule has 0 aliphatic heterocycles. The summed E-state index contributed by atoms with van der Waals surface area (Å²) in [4.78, 5) is 21.0.